The van der Waals surface area contributed by atoms with Crippen molar-refractivity contribution in [3.63, 3.8) is 0 Å². The second-order valence-corrected chi connectivity index (χ2v) is 5.40. The fourth-order valence-corrected chi connectivity index (χ4v) is 0.898. The van der Waals surface area contributed by atoms with E-state index in [1.165, 1.54) is 0 Å². The van der Waals surface area contributed by atoms with Crippen molar-refractivity contribution in [2.75, 3.05) is 0 Å². The summed E-state index contributed by atoms with van der Waals surface area (Å²) < 4.78 is -0.561. The van der Waals surface area contributed by atoms with Gasteiger partial charge in [0.15, 0.2) is 0 Å². The number of benzene rings is 1. The molecule has 2 heteroatoms. The zero-order chi connectivity index (χ0) is 10.6. The van der Waals surface area contributed by atoms with Crippen molar-refractivity contribution in [1.82, 2.24) is 0 Å². The van der Waals surface area contributed by atoms with Crippen LogP contribution >= 0.6 is 15.9 Å². The Kier molecular flexibility index (Phi) is 3.49. The molecule has 0 heterocycles. The minimum Gasteiger partial charge on any atom is -0.283 e. The molecule has 0 unspecified atom stereocenters. The van der Waals surface area contributed by atoms with Crippen LogP contribution in [0, 0.1) is 11.8 Å². The smallest absolute Gasteiger partial charge is 0.221 e. The van der Waals surface area contributed by atoms with E-state index in [1.807, 2.05) is 30.3 Å². The van der Waals surface area contributed by atoms with Crippen molar-refractivity contribution < 1.29 is 4.79 Å². The maximum Gasteiger partial charge on any atom is 0.221 e. The van der Waals surface area contributed by atoms with Gasteiger partial charge in [0.2, 0.25) is 5.78 Å². The van der Waals surface area contributed by atoms with Gasteiger partial charge in [-0.15, -0.1) is 0 Å². The summed E-state index contributed by atoms with van der Waals surface area (Å²) in [4.78, 5) is 11.4. The third-order valence-electron chi connectivity index (χ3n) is 1.63. The molecule has 72 valence electrons. The summed E-state index contributed by atoms with van der Waals surface area (Å²) in [5.74, 6) is 5.31. The van der Waals surface area contributed by atoms with Crippen LogP contribution in [0.2, 0.25) is 0 Å². The number of ketones is 1. The van der Waals surface area contributed by atoms with E-state index in [2.05, 4.69) is 27.8 Å². The van der Waals surface area contributed by atoms with Crippen molar-refractivity contribution in [2.24, 2.45) is 0 Å². The third kappa shape index (κ3) is 3.35. The molecular formula is C12H11BrO. The van der Waals surface area contributed by atoms with Crippen LogP contribution in [0.1, 0.15) is 19.4 Å². The molecule has 0 amide bonds. The van der Waals surface area contributed by atoms with E-state index in [0.717, 1.165) is 5.56 Å². The third-order valence-corrected chi connectivity index (χ3v) is 1.99. The van der Waals surface area contributed by atoms with Crippen molar-refractivity contribution in [3.05, 3.63) is 35.9 Å². The van der Waals surface area contributed by atoms with Crippen molar-refractivity contribution in [3.8, 4) is 11.8 Å². The Morgan fingerprint density at radius 2 is 1.86 bits per heavy atom. The molecule has 1 rings (SSSR count). The van der Waals surface area contributed by atoms with Crippen LogP contribution in [0.5, 0.6) is 0 Å². The van der Waals surface area contributed by atoms with Crippen LogP contribution in [0.4, 0.5) is 0 Å². The van der Waals surface area contributed by atoms with Crippen LogP contribution in [0.25, 0.3) is 0 Å². The maximum atomic E-state index is 11.4. The number of rotatable bonds is 1. The monoisotopic (exact) mass is 250 g/mol. The van der Waals surface area contributed by atoms with Gasteiger partial charge < -0.3 is 0 Å². The van der Waals surface area contributed by atoms with E-state index in [1.54, 1.807) is 13.8 Å². The summed E-state index contributed by atoms with van der Waals surface area (Å²) in [7, 11) is 0. The predicted octanol–water partition coefficient (Wildman–Crippen LogP) is 2.78. The lowest BCUT2D eigenvalue weighted by atomic mass is 10.1. The van der Waals surface area contributed by atoms with Gasteiger partial charge in [0, 0.05) is 5.56 Å². The lowest BCUT2D eigenvalue weighted by Crippen LogP contribution is -2.21. The highest BCUT2D eigenvalue weighted by Crippen LogP contribution is 2.16. The summed E-state index contributed by atoms with van der Waals surface area (Å²) in [6, 6.07) is 9.46. The van der Waals surface area contributed by atoms with Crippen LogP contribution in [0.3, 0.4) is 0 Å². The Hall–Kier alpha value is -1.07. The molecule has 0 bridgehead atoms. The molecule has 1 aromatic carbocycles. The molecule has 0 aliphatic carbocycles. The molecule has 0 saturated heterocycles. The lowest BCUT2D eigenvalue weighted by Gasteiger charge is -2.08. The molecule has 0 aromatic heterocycles. The molecule has 0 fully saturated rings. The number of carbonyl (C=O) groups is 1. The summed E-state index contributed by atoms with van der Waals surface area (Å²) in [6.07, 6.45) is 0. The summed E-state index contributed by atoms with van der Waals surface area (Å²) in [5, 5.41) is 0. The minimum absolute atomic E-state index is 0.110. The molecule has 1 aromatic rings. The van der Waals surface area contributed by atoms with Gasteiger partial charge in [-0.3, -0.25) is 4.79 Å². The van der Waals surface area contributed by atoms with Crippen molar-refractivity contribution in [2.45, 2.75) is 18.2 Å². The second kappa shape index (κ2) is 4.43. The molecule has 14 heavy (non-hydrogen) atoms. The van der Waals surface area contributed by atoms with Crippen LogP contribution in [0.15, 0.2) is 30.3 Å². The average Bonchev–Trinajstić information content (AvgIpc) is 2.14. The lowest BCUT2D eigenvalue weighted by molar-refractivity contribution is -0.115. The Balaban J connectivity index is 2.80. The first-order valence-corrected chi connectivity index (χ1v) is 5.10. The highest BCUT2D eigenvalue weighted by atomic mass is 79.9. The van der Waals surface area contributed by atoms with Gasteiger partial charge in [-0.25, -0.2) is 0 Å². The molecule has 0 N–H and O–H groups in total. The first-order valence-electron chi connectivity index (χ1n) is 4.30. The van der Waals surface area contributed by atoms with Crippen LogP contribution < -0.4 is 0 Å². The molecule has 0 radical (unpaired) electrons. The number of carbonyl (C=O) groups excluding carboxylic acids is 1. The SMILES string of the molecule is CC(C)(Br)C(=O)C#Cc1ccccc1. The minimum atomic E-state index is -0.561. The van der Waals surface area contributed by atoms with Gasteiger partial charge >= 0.3 is 0 Å². The van der Waals surface area contributed by atoms with E-state index in [4.69, 9.17) is 0 Å². The van der Waals surface area contributed by atoms with E-state index < -0.39 is 4.32 Å². The van der Waals surface area contributed by atoms with E-state index in [9.17, 15) is 4.79 Å². The van der Waals surface area contributed by atoms with Crippen molar-refractivity contribution >= 4 is 21.7 Å². The Morgan fingerprint density at radius 3 is 2.36 bits per heavy atom. The van der Waals surface area contributed by atoms with Crippen LogP contribution in [-0.4, -0.2) is 10.1 Å². The molecular weight excluding hydrogens is 240 g/mol. The molecule has 0 aliphatic heterocycles. The Morgan fingerprint density at radius 1 is 1.29 bits per heavy atom. The van der Waals surface area contributed by atoms with Gasteiger partial charge in [-0.2, -0.15) is 0 Å². The second-order valence-electron chi connectivity index (χ2n) is 3.42. The predicted molar refractivity (Wildman–Crippen MR) is 61.3 cm³/mol. The van der Waals surface area contributed by atoms with Crippen LogP contribution in [-0.2, 0) is 4.79 Å². The number of hydrogen-bond donors (Lipinski definition) is 0. The van der Waals surface area contributed by atoms with Gasteiger partial charge in [-0.1, -0.05) is 40.0 Å². The molecule has 1 nitrogen and oxygen atoms in total. The average molecular weight is 251 g/mol. The normalized spacial score (nSPS) is 10.2. The topological polar surface area (TPSA) is 17.1 Å². The van der Waals surface area contributed by atoms with Gasteiger partial charge in [-0.05, 0) is 31.9 Å². The van der Waals surface area contributed by atoms with Crippen molar-refractivity contribution in [1.29, 1.82) is 0 Å². The first kappa shape index (κ1) is 11.0. The summed E-state index contributed by atoms with van der Waals surface area (Å²) in [6.45, 7) is 3.57. The number of hydrogen-bond acceptors (Lipinski definition) is 1. The largest absolute Gasteiger partial charge is 0.283 e. The highest BCUT2D eigenvalue weighted by Gasteiger charge is 2.21. The quantitative estimate of drug-likeness (QED) is 0.554. The van der Waals surface area contributed by atoms with E-state index >= 15 is 0 Å². The summed E-state index contributed by atoms with van der Waals surface area (Å²) >= 11 is 3.27. The molecule has 0 aliphatic rings. The molecule has 0 atom stereocenters. The fraction of sp³-hybridized carbons (Fsp3) is 0.250. The summed E-state index contributed by atoms with van der Waals surface area (Å²) in [5.41, 5.74) is 0.859. The number of alkyl halides is 1. The fourth-order valence-electron chi connectivity index (χ4n) is 0.799. The maximum absolute atomic E-state index is 11.4. The van der Waals surface area contributed by atoms with Gasteiger partial charge in [0.1, 0.15) is 0 Å². The zero-order valence-corrected chi connectivity index (χ0v) is 9.76. The Labute approximate surface area is 92.6 Å². The van der Waals surface area contributed by atoms with Gasteiger partial charge in [0.05, 0.1) is 4.32 Å². The van der Waals surface area contributed by atoms with E-state index in [0.29, 0.717) is 0 Å². The van der Waals surface area contributed by atoms with E-state index in [-0.39, 0.29) is 5.78 Å². The molecule has 0 saturated carbocycles. The molecule has 0 spiro atoms. The van der Waals surface area contributed by atoms with Gasteiger partial charge in [0.25, 0.3) is 0 Å². The first-order chi connectivity index (χ1) is 6.50. The zero-order valence-electron chi connectivity index (χ0n) is 8.17. The number of halogens is 1. The standard InChI is InChI=1S/C12H11BrO/c1-12(2,13)11(14)9-8-10-6-4-3-5-7-10/h3-7H,1-2H3. The highest BCUT2D eigenvalue weighted by molar-refractivity contribution is 9.10. The Bertz CT molecular complexity index is 376. The number of Topliss-reactive ketones (excluding diaryl/α,β-unsaturated/α-hetero) is 1.